The minimum atomic E-state index is 0.0153. The topological polar surface area (TPSA) is 38.5 Å². The van der Waals surface area contributed by atoms with E-state index < -0.39 is 0 Å². The van der Waals surface area contributed by atoms with Crippen LogP contribution in [0.25, 0.3) is 0 Å². The Hall–Kier alpha value is -2.07. The van der Waals surface area contributed by atoms with E-state index >= 15 is 0 Å². The van der Waals surface area contributed by atoms with Crippen LogP contribution in [0.15, 0.2) is 53.6 Å². The van der Waals surface area contributed by atoms with Crippen LogP contribution in [0, 0.1) is 0 Å². The third-order valence-electron chi connectivity index (χ3n) is 3.22. The molecule has 0 aliphatic carbocycles. The average molecular weight is 272 g/mol. The maximum Gasteiger partial charge on any atom is 0.254 e. The van der Waals surface area contributed by atoms with E-state index in [1.165, 1.54) is 0 Å². The van der Waals surface area contributed by atoms with Crippen molar-refractivity contribution in [2.45, 2.75) is 19.6 Å². The highest BCUT2D eigenvalue weighted by atomic mass is 16.5. The summed E-state index contributed by atoms with van der Waals surface area (Å²) in [5.41, 5.74) is 1.10. The summed E-state index contributed by atoms with van der Waals surface area (Å²) >= 11 is 0. The van der Waals surface area contributed by atoms with E-state index in [1.54, 1.807) is 0 Å². The second kappa shape index (κ2) is 6.91. The van der Waals surface area contributed by atoms with Crippen molar-refractivity contribution in [2.24, 2.45) is 0 Å². The Labute approximate surface area is 119 Å². The normalized spacial score (nSPS) is 12.3. The van der Waals surface area contributed by atoms with Gasteiger partial charge in [-0.15, -0.1) is 6.58 Å². The molecule has 106 valence electrons. The van der Waals surface area contributed by atoms with Crippen molar-refractivity contribution < 1.29 is 9.26 Å². The standard InChI is InChI=1S/C16H20N2O2/c1-4-14(18(3)5-2)15-11-16(17-20-15)19-12-13-9-7-6-8-10-13/h4,6-11,14H,1,5,12H2,2-3H3/t14-/m0/s1. The van der Waals surface area contributed by atoms with Gasteiger partial charge in [-0.1, -0.05) is 43.3 Å². The third kappa shape index (κ3) is 3.48. The van der Waals surface area contributed by atoms with Gasteiger partial charge in [0.1, 0.15) is 6.61 Å². The van der Waals surface area contributed by atoms with Gasteiger partial charge in [0.05, 0.1) is 6.04 Å². The Morgan fingerprint density at radius 1 is 1.40 bits per heavy atom. The Morgan fingerprint density at radius 3 is 2.80 bits per heavy atom. The number of ether oxygens (including phenoxy) is 1. The van der Waals surface area contributed by atoms with Gasteiger partial charge < -0.3 is 9.26 Å². The fraction of sp³-hybridized carbons (Fsp3) is 0.312. The number of aromatic nitrogens is 1. The van der Waals surface area contributed by atoms with Crippen LogP contribution in [0.1, 0.15) is 24.3 Å². The lowest BCUT2D eigenvalue weighted by Gasteiger charge is -2.20. The van der Waals surface area contributed by atoms with Crippen molar-refractivity contribution >= 4 is 0 Å². The summed E-state index contributed by atoms with van der Waals surface area (Å²) in [6, 6.07) is 11.8. The summed E-state index contributed by atoms with van der Waals surface area (Å²) in [5, 5.41) is 3.95. The number of benzene rings is 1. The van der Waals surface area contributed by atoms with Crippen LogP contribution < -0.4 is 4.74 Å². The molecule has 0 saturated heterocycles. The van der Waals surface area contributed by atoms with Gasteiger partial charge in [0.2, 0.25) is 0 Å². The minimum absolute atomic E-state index is 0.0153. The van der Waals surface area contributed by atoms with Crippen LogP contribution in [-0.4, -0.2) is 23.6 Å². The zero-order valence-corrected chi connectivity index (χ0v) is 12.0. The fourth-order valence-electron chi connectivity index (χ4n) is 1.92. The van der Waals surface area contributed by atoms with Crippen molar-refractivity contribution in [3.05, 3.63) is 60.4 Å². The molecule has 0 spiro atoms. The Morgan fingerprint density at radius 2 is 2.15 bits per heavy atom. The van der Waals surface area contributed by atoms with E-state index in [-0.39, 0.29) is 6.04 Å². The fourth-order valence-corrected chi connectivity index (χ4v) is 1.92. The molecule has 4 nitrogen and oxygen atoms in total. The second-order valence-electron chi connectivity index (χ2n) is 4.60. The van der Waals surface area contributed by atoms with Gasteiger partial charge in [0.15, 0.2) is 5.76 Å². The maximum atomic E-state index is 5.62. The first-order valence-electron chi connectivity index (χ1n) is 6.70. The third-order valence-corrected chi connectivity index (χ3v) is 3.22. The number of hydrogen-bond acceptors (Lipinski definition) is 4. The summed E-state index contributed by atoms with van der Waals surface area (Å²) < 4.78 is 11.0. The van der Waals surface area contributed by atoms with Crippen molar-refractivity contribution in [1.82, 2.24) is 10.1 Å². The average Bonchev–Trinajstić information content (AvgIpc) is 2.95. The molecular weight excluding hydrogens is 252 g/mol. The quantitative estimate of drug-likeness (QED) is 0.724. The van der Waals surface area contributed by atoms with Crippen LogP contribution in [0.2, 0.25) is 0 Å². The summed E-state index contributed by atoms with van der Waals surface area (Å²) in [7, 11) is 2.01. The first-order valence-corrected chi connectivity index (χ1v) is 6.70. The predicted molar refractivity (Wildman–Crippen MR) is 78.5 cm³/mol. The molecular formula is C16H20N2O2. The van der Waals surface area contributed by atoms with Gasteiger partial charge in [0.25, 0.3) is 5.88 Å². The van der Waals surface area contributed by atoms with E-state index in [4.69, 9.17) is 9.26 Å². The predicted octanol–water partition coefficient (Wildman–Crippen LogP) is 3.43. The lowest BCUT2D eigenvalue weighted by molar-refractivity contribution is 0.234. The molecule has 1 aromatic heterocycles. The summed E-state index contributed by atoms with van der Waals surface area (Å²) in [6.45, 7) is 7.30. The van der Waals surface area contributed by atoms with E-state index in [0.717, 1.165) is 17.9 Å². The molecule has 20 heavy (non-hydrogen) atoms. The lowest BCUT2D eigenvalue weighted by atomic mass is 10.2. The molecule has 0 saturated carbocycles. The second-order valence-corrected chi connectivity index (χ2v) is 4.60. The van der Waals surface area contributed by atoms with Crippen LogP contribution in [-0.2, 0) is 6.61 Å². The van der Waals surface area contributed by atoms with Gasteiger partial charge in [-0.2, -0.15) is 0 Å². The van der Waals surface area contributed by atoms with E-state index in [9.17, 15) is 0 Å². The Bertz CT molecular complexity index is 536. The Balaban J connectivity index is 2.00. The highest BCUT2D eigenvalue weighted by molar-refractivity contribution is 5.19. The minimum Gasteiger partial charge on any atom is -0.471 e. The highest BCUT2D eigenvalue weighted by Gasteiger charge is 2.18. The van der Waals surface area contributed by atoms with Crippen LogP contribution in [0.5, 0.6) is 5.88 Å². The molecule has 2 aromatic rings. The van der Waals surface area contributed by atoms with Gasteiger partial charge in [0, 0.05) is 6.07 Å². The van der Waals surface area contributed by atoms with Gasteiger partial charge >= 0.3 is 0 Å². The van der Waals surface area contributed by atoms with Gasteiger partial charge in [-0.25, -0.2) is 0 Å². The zero-order valence-electron chi connectivity index (χ0n) is 12.0. The first-order chi connectivity index (χ1) is 9.74. The van der Waals surface area contributed by atoms with Crippen molar-refractivity contribution in [2.75, 3.05) is 13.6 Å². The molecule has 0 unspecified atom stereocenters. The van der Waals surface area contributed by atoms with Gasteiger partial charge in [-0.3, -0.25) is 4.90 Å². The number of rotatable bonds is 7. The molecule has 4 heteroatoms. The molecule has 2 rings (SSSR count). The summed E-state index contributed by atoms with van der Waals surface area (Å²) in [6.07, 6.45) is 1.84. The van der Waals surface area contributed by atoms with Crippen LogP contribution in [0.4, 0.5) is 0 Å². The van der Waals surface area contributed by atoms with Crippen molar-refractivity contribution in [3.63, 3.8) is 0 Å². The highest BCUT2D eigenvalue weighted by Crippen LogP contribution is 2.24. The molecule has 0 fully saturated rings. The number of likely N-dealkylation sites (N-methyl/N-ethyl adjacent to an activating group) is 1. The lowest BCUT2D eigenvalue weighted by Crippen LogP contribution is -2.22. The summed E-state index contributed by atoms with van der Waals surface area (Å²) in [5.74, 6) is 1.24. The monoisotopic (exact) mass is 272 g/mol. The first kappa shape index (κ1) is 14.3. The molecule has 0 radical (unpaired) electrons. The number of hydrogen-bond donors (Lipinski definition) is 0. The van der Waals surface area contributed by atoms with E-state index in [0.29, 0.717) is 12.5 Å². The largest absolute Gasteiger partial charge is 0.471 e. The smallest absolute Gasteiger partial charge is 0.254 e. The SMILES string of the molecule is C=C[C@@H](c1cc(OCc2ccccc2)no1)N(C)CC. The molecule has 1 atom stereocenters. The van der Waals surface area contributed by atoms with Crippen molar-refractivity contribution in [3.8, 4) is 5.88 Å². The molecule has 1 heterocycles. The number of nitrogens with zero attached hydrogens (tertiary/aromatic N) is 2. The zero-order chi connectivity index (χ0) is 14.4. The molecule has 0 aliphatic heterocycles. The molecule has 1 aromatic carbocycles. The van der Waals surface area contributed by atoms with Crippen molar-refractivity contribution in [1.29, 1.82) is 0 Å². The molecule has 0 aliphatic rings. The van der Waals surface area contributed by atoms with Crippen LogP contribution >= 0.6 is 0 Å². The van der Waals surface area contributed by atoms with E-state index in [2.05, 4.69) is 23.6 Å². The molecule has 0 N–H and O–H groups in total. The van der Waals surface area contributed by atoms with Gasteiger partial charge in [-0.05, 0) is 24.3 Å². The molecule has 0 amide bonds. The van der Waals surface area contributed by atoms with E-state index in [1.807, 2.05) is 49.5 Å². The summed E-state index contributed by atoms with van der Waals surface area (Å²) in [4.78, 5) is 2.12. The Kier molecular flexibility index (Phi) is 4.96. The van der Waals surface area contributed by atoms with Crippen LogP contribution in [0.3, 0.4) is 0 Å². The maximum absolute atomic E-state index is 5.62. The molecule has 0 bridgehead atoms.